The van der Waals surface area contributed by atoms with Crippen LogP contribution < -0.4 is 4.31 Å². The molecule has 2 heterocycles. The number of hydrogen-bond donors (Lipinski definition) is 1. The van der Waals surface area contributed by atoms with Crippen LogP contribution in [0.5, 0.6) is 0 Å². The molecule has 1 aromatic carbocycles. The molecule has 0 saturated heterocycles. The Morgan fingerprint density at radius 3 is 3.07 bits per heavy atom. The third kappa shape index (κ3) is 1.13. The van der Waals surface area contributed by atoms with E-state index in [4.69, 9.17) is 0 Å². The Morgan fingerprint density at radius 2 is 2.21 bits per heavy atom. The molecule has 3 rings (SSSR count). The minimum atomic E-state index is 0.993. The highest BCUT2D eigenvalue weighted by Crippen LogP contribution is 2.33. The molecule has 70 valence electrons. The smallest absolute Gasteiger partial charge is 0.0729 e. The van der Waals surface area contributed by atoms with Crippen LogP contribution in [0, 0.1) is 0 Å². The molecule has 0 saturated carbocycles. The van der Waals surface area contributed by atoms with Gasteiger partial charge in [-0.2, -0.15) is 0 Å². The molecule has 0 spiro atoms. The van der Waals surface area contributed by atoms with Gasteiger partial charge in [-0.15, -0.1) is 0 Å². The number of nitrogens with one attached hydrogen (secondary N) is 1. The topological polar surface area (TPSA) is 19.0 Å². The average Bonchev–Trinajstić information content (AvgIpc) is 2.85. The second-order valence-electron chi connectivity index (χ2n) is 3.26. The van der Waals surface area contributed by atoms with E-state index in [-0.39, 0.29) is 0 Å². The summed E-state index contributed by atoms with van der Waals surface area (Å²) in [4.78, 5) is 3.28. The fraction of sp³-hybridized carbons (Fsp3) is 0.0909. The van der Waals surface area contributed by atoms with E-state index < -0.39 is 0 Å². The van der Waals surface area contributed by atoms with Gasteiger partial charge in [-0.05, 0) is 23.4 Å². The number of benzene rings is 1. The van der Waals surface area contributed by atoms with Crippen LogP contribution in [0.15, 0.2) is 41.9 Å². The monoisotopic (exact) mass is 202 g/mol. The average molecular weight is 202 g/mol. The molecule has 2 aromatic rings. The van der Waals surface area contributed by atoms with E-state index in [1.165, 1.54) is 16.6 Å². The molecule has 1 aromatic heterocycles. The number of hydrogen-bond acceptors (Lipinski definition) is 2. The normalized spacial score (nSPS) is 15.6. The third-order valence-electron chi connectivity index (χ3n) is 2.39. The number of aromatic nitrogens is 1. The minimum Gasteiger partial charge on any atom is -0.359 e. The predicted octanol–water partition coefficient (Wildman–Crippen LogP) is 3.15. The highest BCUT2D eigenvalue weighted by atomic mass is 32.2. The molecule has 1 aliphatic rings. The number of H-pyrrole nitrogens is 1. The van der Waals surface area contributed by atoms with Gasteiger partial charge >= 0.3 is 0 Å². The first-order valence-corrected chi connectivity index (χ1v) is 5.44. The number of rotatable bonds is 1. The van der Waals surface area contributed by atoms with Gasteiger partial charge < -0.3 is 9.29 Å². The zero-order valence-electron chi connectivity index (χ0n) is 7.60. The second kappa shape index (κ2) is 3.10. The van der Waals surface area contributed by atoms with Crippen LogP contribution in [0.25, 0.3) is 10.9 Å². The van der Waals surface area contributed by atoms with Crippen LogP contribution in [0.3, 0.4) is 0 Å². The van der Waals surface area contributed by atoms with E-state index >= 15 is 0 Å². The van der Waals surface area contributed by atoms with Crippen molar-refractivity contribution in [1.29, 1.82) is 0 Å². The van der Waals surface area contributed by atoms with Crippen LogP contribution in [-0.2, 0) is 0 Å². The lowest BCUT2D eigenvalue weighted by atomic mass is 10.2. The van der Waals surface area contributed by atoms with Crippen molar-refractivity contribution in [3.8, 4) is 0 Å². The first-order chi connectivity index (χ1) is 6.95. The van der Waals surface area contributed by atoms with Gasteiger partial charge in [0.2, 0.25) is 0 Å². The van der Waals surface area contributed by atoms with Gasteiger partial charge in [0.1, 0.15) is 0 Å². The maximum Gasteiger partial charge on any atom is 0.0729 e. The minimum absolute atomic E-state index is 0.993. The molecule has 0 fully saturated rings. The molecule has 0 radical (unpaired) electrons. The van der Waals surface area contributed by atoms with E-state index in [1.807, 2.05) is 0 Å². The molecule has 1 aliphatic heterocycles. The summed E-state index contributed by atoms with van der Waals surface area (Å²) in [6.45, 7) is 0.993. The molecule has 0 aliphatic carbocycles. The molecule has 14 heavy (non-hydrogen) atoms. The summed E-state index contributed by atoms with van der Waals surface area (Å²) in [6, 6.07) is 8.39. The lowest BCUT2D eigenvalue weighted by Crippen LogP contribution is -2.08. The number of aromatic amines is 1. The van der Waals surface area contributed by atoms with Gasteiger partial charge in [0.05, 0.1) is 5.69 Å². The Labute approximate surface area is 86.7 Å². The van der Waals surface area contributed by atoms with Crippen LogP contribution in [0.2, 0.25) is 0 Å². The van der Waals surface area contributed by atoms with Crippen LogP contribution in [0.1, 0.15) is 0 Å². The van der Waals surface area contributed by atoms with Crippen molar-refractivity contribution in [2.24, 2.45) is 0 Å². The molecule has 2 nitrogen and oxygen atoms in total. The lowest BCUT2D eigenvalue weighted by molar-refractivity contribution is 1.24. The zero-order chi connectivity index (χ0) is 9.38. The van der Waals surface area contributed by atoms with Gasteiger partial charge in [-0.1, -0.05) is 24.3 Å². The number of nitrogens with zero attached hydrogens (tertiary/aromatic N) is 1. The highest BCUT2D eigenvalue weighted by Gasteiger charge is 2.12. The Balaban J connectivity index is 2.12. The predicted molar refractivity (Wildman–Crippen MR) is 62.4 cm³/mol. The number of anilines is 1. The summed E-state index contributed by atoms with van der Waals surface area (Å²) in [5, 5.41) is 3.42. The van der Waals surface area contributed by atoms with Crippen molar-refractivity contribution in [2.45, 2.75) is 0 Å². The fourth-order valence-corrected chi connectivity index (χ4v) is 2.47. The molecular formula is C11H10N2S. The van der Waals surface area contributed by atoms with E-state index in [1.54, 1.807) is 11.9 Å². The van der Waals surface area contributed by atoms with Crippen LogP contribution in [-0.4, -0.2) is 11.5 Å². The fourth-order valence-electron chi connectivity index (χ4n) is 1.72. The number of fused-ring (bicyclic) bond motifs is 1. The van der Waals surface area contributed by atoms with Crippen molar-refractivity contribution in [1.82, 2.24) is 4.98 Å². The summed E-state index contributed by atoms with van der Waals surface area (Å²) in [7, 11) is 0. The summed E-state index contributed by atoms with van der Waals surface area (Å²) in [5.74, 6) is 0. The molecule has 0 bridgehead atoms. The summed E-state index contributed by atoms with van der Waals surface area (Å²) in [5.41, 5.74) is 2.48. The Morgan fingerprint density at radius 1 is 1.29 bits per heavy atom. The molecule has 0 amide bonds. The van der Waals surface area contributed by atoms with Gasteiger partial charge in [0.25, 0.3) is 0 Å². The Bertz CT molecular complexity index is 479. The van der Waals surface area contributed by atoms with Crippen molar-refractivity contribution in [3.05, 3.63) is 41.9 Å². The summed E-state index contributed by atoms with van der Waals surface area (Å²) in [6.07, 6.45) is 4.25. The molecule has 1 N–H and O–H groups in total. The van der Waals surface area contributed by atoms with Gasteiger partial charge in [-0.25, -0.2) is 0 Å². The standard InChI is InChI=1S/C11H10N2S/c1-2-5-10-9(4-1)11(8-12-10)13-6-3-7-14-13/h1-5,7-8,12H,6H2. The molecular weight excluding hydrogens is 192 g/mol. The van der Waals surface area contributed by atoms with Crippen LogP contribution >= 0.6 is 11.9 Å². The van der Waals surface area contributed by atoms with E-state index in [0.29, 0.717) is 0 Å². The maximum atomic E-state index is 3.28. The zero-order valence-corrected chi connectivity index (χ0v) is 8.42. The SMILES string of the molecule is C1=CSN(c2c[nH]c3ccccc23)C1. The highest BCUT2D eigenvalue weighted by molar-refractivity contribution is 8.03. The van der Waals surface area contributed by atoms with Gasteiger partial charge in [0, 0.05) is 23.6 Å². The van der Waals surface area contributed by atoms with Crippen molar-refractivity contribution < 1.29 is 0 Å². The van der Waals surface area contributed by atoms with E-state index in [0.717, 1.165) is 6.54 Å². The Hall–Kier alpha value is -1.35. The van der Waals surface area contributed by atoms with E-state index in [9.17, 15) is 0 Å². The molecule has 0 atom stereocenters. The van der Waals surface area contributed by atoms with Gasteiger partial charge in [-0.3, -0.25) is 0 Å². The molecule has 3 heteroatoms. The van der Waals surface area contributed by atoms with Gasteiger partial charge in [0.15, 0.2) is 0 Å². The third-order valence-corrected chi connectivity index (χ3v) is 3.31. The maximum absolute atomic E-state index is 3.28. The van der Waals surface area contributed by atoms with Crippen molar-refractivity contribution >= 4 is 28.5 Å². The Kier molecular flexibility index (Phi) is 1.77. The quantitative estimate of drug-likeness (QED) is 0.716. The largest absolute Gasteiger partial charge is 0.359 e. The second-order valence-corrected chi connectivity index (χ2v) is 4.18. The number of para-hydroxylation sites is 1. The lowest BCUT2D eigenvalue weighted by Gasteiger charge is -2.13. The molecule has 0 unspecified atom stereocenters. The van der Waals surface area contributed by atoms with Crippen molar-refractivity contribution in [3.63, 3.8) is 0 Å². The van der Waals surface area contributed by atoms with E-state index in [2.05, 4.69) is 51.2 Å². The first kappa shape index (κ1) is 8.00. The van der Waals surface area contributed by atoms with Crippen molar-refractivity contribution in [2.75, 3.05) is 10.8 Å². The first-order valence-electron chi connectivity index (χ1n) is 4.60. The summed E-state index contributed by atoms with van der Waals surface area (Å²) < 4.78 is 2.28. The van der Waals surface area contributed by atoms with Crippen LogP contribution in [0.4, 0.5) is 5.69 Å². The summed E-state index contributed by atoms with van der Waals surface area (Å²) >= 11 is 1.75.